The van der Waals surface area contributed by atoms with Crippen LogP contribution in [-0.4, -0.2) is 26.4 Å². The Morgan fingerprint density at radius 1 is 0.972 bits per heavy atom. The van der Waals surface area contributed by atoms with Gasteiger partial charge in [-0.25, -0.2) is 4.98 Å². The van der Waals surface area contributed by atoms with Gasteiger partial charge in [-0.2, -0.15) is 0 Å². The molecule has 3 aromatic carbocycles. The Hall–Kier alpha value is -4.56. The van der Waals surface area contributed by atoms with E-state index in [4.69, 9.17) is 4.74 Å². The molecule has 0 saturated carbocycles. The fraction of sp³-hybridized carbons (Fsp3) is 0.0714. The number of ether oxygens (including phenoxy) is 1. The molecule has 0 aliphatic carbocycles. The Labute approximate surface area is 207 Å². The number of amides is 1. The standard InChI is InChI=1S/C28H18N4O3S/c1-15(26(33)31-28-30-21-8-4-5-9-23(21)36-28)35-16-10-11-22-20(14-16)18-12-13-29-24-17-6-2-3-7-19(17)27(34)32(22)25(18)24/h2-15H,1H3,(H,30,31,33)/t15-/m1/s1. The third-order valence-electron chi connectivity index (χ3n) is 6.47. The minimum Gasteiger partial charge on any atom is -0.481 e. The molecule has 0 unspecified atom stereocenters. The van der Waals surface area contributed by atoms with E-state index >= 15 is 0 Å². The first-order chi connectivity index (χ1) is 17.6. The molecule has 0 radical (unpaired) electrons. The van der Waals surface area contributed by atoms with Crippen LogP contribution < -0.4 is 15.6 Å². The number of benzene rings is 3. The quantitative estimate of drug-likeness (QED) is 0.324. The number of fused-ring (bicyclic) bond motifs is 6. The number of carbonyl (C=O) groups is 1. The summed E-state index contributed by atoms with van der Waals surface area (Å²) in [4.78, 5) is 35.3. The lowest BCUT2D eigenvalue weighted by Crippen LogP contribution is -2.30. The van der Waals surface area contributed by atoms with Crippen molar-refractivity contribution in [3.8, 4) is 5.75 Å². The summed E-state index contributed by atoms with van der Waals surface area (Å²) >= 11 is 1.42. The minimum absolute atomic E-state index is 0.0802. The van der Waals surface area contributed by atoms with Crippen molar-refractivity contribution in [2.24, 2.45) is 0 Å². The van der Waals surface area contributed by atoms with Gasteiger partial charge in [0, 0.05) is 27.7 Å². The van der Waals surface area contributed by atoms with E-state index in [2.05, 4.69) is 15.3 Å². The van der Waals surface area contributed by atoms with Gasteiger partial charge < -0.3 is 4.74 Å². The summed E-state index contributed by atoms with van der Waals surface area (Å²) in [6.07, 6.45) is 1.01. The molecule has 7 nitrogen and oxygen atoms in total. The molecule has 4 aromatic heterocycles. The summed E-state index contributed by atoms with van der Waals surface area (Å²) in [7, 11) is 0. The van der Waals surface area contributed by atoms with Crippen molar-refractivity contribution in [3.05, 3.63) is 89.3 Å². The molecule has 0 bridgehead atoms. The van der Waals surface area contributed by atoms with E-state index in [9.17, 15) is 9.59 Å². The van der Waals surface area contributed by atoms with Crippen LogP contribution >= 0.6 is 11.3 Å². The van der Waals surface area contributed by atoms with Gasteiger partial charge in [-0.15, -0.1) is 0 Å². The van der Waals surface area contributed by atoms with Crippen molar-refractivity contribution >= 4 is 70.7 Å². The molecule has 0 fully saturated rings. The number of rotatable bonds is 4. The molecule has 1 N–H and O–H groups in total. The first kappa shape index (κ1) is 20.8. The average Bonchev–Trinajstić information content (AvgIpc) is 3.46. The van der Waals surface area contributed by atoms with Crippen molar-refractivity contribution < 1.29 is 9.53 Å². The Bertz CT molecular complexity index is 1990. The van der Waals surface area contributed by atoms with E-state index < -0.39 is 6.10 Å². The van der Waals surface area contributed by atoms with Gasteiger partial charge in [0.15, 0.2) is 11.2 Å². The first-order valence-corrected chi connectivity index (χ1v) is 12.3. The second-order valence-electron chi connectivity index (χ2n) is 8.66. The van der Waals surface area contributed by atoms with Crippen LogP contribution in [0.3, 0.4) is 0 Å². The van der Waals surface area contributed by atoms with Crippen LogP contribution in [0.25, 0.3) is 48.3 Å². The maximum atomic E-state index is 13.4. The summed E-state index contributed by atoms with van der Waals surface area (Å²) in [5.74, 6) is 0.252. The summed E-state index contributed by atoms with van der Waals surface area (Å²) in [6.45, 7) is 1.70. The van der Waals surface area contributed by atoms with E-state index in [1.807, 2.05) is 66.7 Å². The van der Waals surface area contributed by atoms with Gasteiger partial charge in [0.25, 0.3) is 11.5 Å². The van der Waals surface area contributed by atoms with Crippen molar-refractivity contribution in [1.29, 1.82) is 0 Å². The molecular weight excluding hydrogens is 472 g/mol. The molecule has 4 heterocycles. The molecule has 0 aliphatic heterocycles. The maximum absolute atomic E-state index is 13.4. The number of thiazole rings is 1. The van der Waals surface area contributed by atoms with Crippen LogP contribution in [0.15, 0.2) is 83.8 Å². The highest BCUT2D eigenvalue weighted by atomic mass is 32.1. The number of nitrogens with zero attached hydrogens (tertiary/aromatic N) is 3. The third kappa shape index (κ3) is 3.04. The molecule has 7 rings (SSSR count). The van der Waals surface area contributed by atoms with Crippen molar-refractivity contribution in [2.45, 2.75) is 13.0 Å². The normalized spacial score (nSPS) is 12.7. The van der Waals surface area contributed by atoms with E-state index in [0.717, 1.165) is 42.9 Å². The molecule has 8 heteroatoms. The summed E-state index contributed by atoms with van der Waals surface area (Å²) < 4.78 is 8.74. The minimum atomic E-state index is -0.749. The Morgan fingerprint density at radius 2 is 1.78 bits per heavy atom. The summed E-state index contributed by atoms with van der Waals surface area (Å²) in [5.41, 5.74) is 3.11. The van der Waals surface area contributed by atoms with Gasteiger partial charge in [0.2, 0.25) is 0 Å². The molecule has 1 amide bonds. The number of carbonyl (C=O) groups excluding carboxylic acids is 1. The summed E-state index contributed by atoms with van der Waals surface area (Å²) in [6, 6.07) is 22.7. The molecule has 0 saturated heterocycles. The number of para-hydroxylation sites is 1. The smallest absolute Gasteiger partial charge is 0.266 e. The number of anilines is 1. The van der Waals surface area contributed by atoms with Gasteiger partial charge in [0.1, 0.15) is 5.75 Å². The van der Waals surface area contributed by atoms with Crippen molar-refractivity contribution in [2.75, 3.05) is 5.32 Å². The van der Waals surface area contributed by atoms with Gasteiger partial charge in [-0.05, 0) is 49.4 Å². The third-order valence-corrected chi connectivity index (χ3v) is 7.42. The van der Waals surface area contributed by atoms with Gasteiger partial charge in [-0.3, -0.25) is 24.3 Å². The topological polar surface area (TPSA) is 85.6 Å². The van der Waals surface area contributed by atoms with E-state index in [1.165, 1.54) is 11.3 Å². The van der Waals surface area contributed by atoms with E-state index in [0.29, 0.717) is 16.3 Å². The monoisotopic (exact) mass is 490 g/mol. The maximum Gasteiger partial charge on any atom is 0.266 e. The highest BCUT2D eigenvalue weighted by Crippen LogP contribution is 2.35. The predicted octanol–water partition coefficient (Wildman–Crippen LogP) is 5.61. The molecular formula is C28H18N4O3S. The Morgan fingerprint density at radius 3 is 2.64 bits per heavy atom. The zero-order chi connectivity index (χ0) is 24.4. The molecule has 36 heavy (non-hydrogen) atoms. The van der Waals surface area contributed by atoms with Crippen LogP contribution in [0, 0.1) is 0 Å². The van der Waals surface area contributed by atoms with E-state index in [-0.39, 0.29) is 11.5 Å². The summed E-state index contributed by atoms with van der Waals surface area (Å²) in [5, 5.41) is 6.62. The second-order valence-corrected chi connectivity index (χ2v) is 9.69. The fourth-order valence-electron chi connectivity index (χ4n) is 4.81. The number of hydrogen-bond acceptors (Lipinski definition) is 6. The van der Waals surface area contributed by atoms with Gasteiger partial charge in [-0.1, -0.05) is 41.7 Å². The lowest BCUT2D eigenvalue weighted by molar-refractivity contribution is -0.122. The average molecular weight is 491 g/mol. The van der Waals surface area contributed by atoms with Crippen LogP contribution in [0.4, 0.5) is 5.13 Å². The molecule has 0 aliphatic rings. The zero-order valence-corrected chi connectivity index (χ0v) is 19.9. The zero-order valence-electron chi connectivity index (χ0n) is 19.1. The van der Waals surface area contributed by atoms with Crippen molar-refractivity contribution in [3.63, 3.8) is 0 Å². The van der Waals surface area contributed by atoms with Gasteiger partial charge >= 0.3 is 0 Å². The molecule has 7 aromatic rings. The van der Waals surface area contributed by atoms with Crippen LogP contribution in [0.1, 0.15) is 6.92 Å². The number of hydrogen-bond donors (Lipinski definition) is 1. The number of aromatic nitrogens is 3. The van der Waals surface area contributed by atoms with E-state index in [1.54, 1.807) is 23.6 Å². The lowest BCUT2D eigenvalue weighted by atomic mass is 10.1. The second kappa shape index (κ2) is 7.73. The molecule has 174 valence electrons. The lowest BCUT2D eigenvalue weighted by Gasteiger charge is -2.13. The van der Waals surface area contributed by atoms with Crippen LogP contribution in [-0.2, 0) is 4.79 Å². The number of nitrogens with one attached hydrogen (secondary N) is 1. The van der Waals surface area contributed by atoms with Crippen LogP contribution in [0.5, 0.6) is 5.75 Å². The highest BCUT2D eigenvalue weighted by molar-refractivity contribution is 7.22. The Kier molecular flexibility index (Phi) is 4.46. The molecule has 0 spiro atoms. The first-order valence-electron chi connectivity index (χ1n) is 11.5. The fourth-order valence-corrected chi connectivity index (χ4v) is 5.68. The predicted molar refractivity (Wildman–Crippen MR) is 144 cm³/mol. The molecule has 1 atom stereocenters. The highest BCUT2D eigenvalue weighted by Gasteiger charge is 2.20. The SMILES string of the molecule is C[C@@H](Oc1ccc2c(c1)c1ccnc3c4ccccc4c(=O)n2c13)C(=O)Nc1nc2ccccc2s1. The Balaban J connectivity index is 1.27. The van der Waals surface area contributed by atoms with Crippen molar-refractivity contribution in [1.82, 2.24) is 14.4 Å². The number of pyridine rings is 2. The van der Waals surface area contributed by atoms with Crippen LogP contribution in [0.2, 0.25) is 0 Å². The largest absolute Gasteiger partial charge is 0.481 e. The van der Waals surface area contributed by atoms with Gasteiger partial charge in [0.05, 0.1) is 26.8 Å².